The lowest BCUT2D eigenvalue weighted by atomic mass is 9.63. The highest BCUT2D eigenvalue weighted by Crippen LogP contribution is 2.61. The molecular weight excluding hydrogens is 434 g/mol. The number of nitrogens with one attached hydrogen (secondary N) is 1. The summed E-state index contributed by atoms with van der Waals surface area (Å²) in [6, 6.07) is 43.2. The zero-order chi connectivity index (χ0) is 23.7. The van der Waals surface area contributed by atoms with Crippen LogP contribution in [0.15, 0.2) is 121 Å². The first-order chi connectivity index (χ1) is 17.8. The molecule has 1 atom stereocenters. The molecule has 1 nitrogen and oxygen atoms in total. The van der Waals surface area contributed by atoms with Gasteiger partial charge in [-0.2, -0.15) is 0 Å². The molecule has 0 saturated heterocycles. The van der Waals surface area contributed by atoms with Crippen LogP contribution in [0.25, 0.3) is 32.8 Å². The summed E-state index contributed by atoms with van der Waals surface area (Å²) in [7, 11) is 0. The van der Waals surface area contributed by atoms with Gasteiger partial charge in [-0.1, -0.05) is 91.0 Å². The van der Waals surface area contributed by atoms with Crippen molar-refractivity contribution in [2.24, 2.45) is 0 Å². The molecule has 1 heterocycles. The van der Waals surface area contributed by atoms with Crippen molar-refractivity contribution in [1.82, 2.24) is 4.98 Å². The molecule has 8 rings (SSSR count). The molecule has 2 aliphatic rings. The molecule has 1 aromatic heterocycles. The molecule has 1 unspecified atom stereocenters. The second-order valence-electron chi connectivity index (χ2n) is 10.1. The normalized spacial score (nSPS) is 18.3. The summed E-state index contributed by atoms with van der Waals surface area (Å²) >= 11 is 0. The minimum Gasteiger partial charge on any atom is -0.361 e. The number of hydrogen-bond donors (Lipinski definition) is 1. The summed E-state index contributed by atoms with van der Waals surface area (Å²) in [6.07, 6.45) is 4.21. The number of hydrogen-bond acceptors (Lipinski definition) is 0. The molecule has 1 N–H and O–H groups in total. The fraction of sp³-hybridized carbons (Fsp3) is 0.0857. The van der Waals surface area contributed by atoms with Crippen molar-refractivity contribution in [2.45, 2.75) is 18.3 Å². The van der Waals surface area contributed by atoms with Gasteiger partial charge in [0.15, 0.2) is 0 Å². The fourth-order valence-electron chi connectivity index (χ4n) is 6.91. The first-order valence-corrected chi connectivity index (χ1v) is 12.8. The third kappa shape index (κ3) is 2.55. The third-order valence-electron chi connectivity index (χ3n) is 8.43. The summed E-state index contributed by atoms with van der Waals surface area (Å²) in [6.45, 7) is 0. The van der Waals surface area contributed by atoms with Crippen LogP contribution in [0.2, 0.25) is 0 Å². The maximum atomic E-state index is 3.39. The number of aromatic nitrogens is 1. The maximum absolute atomic E-state index is 3.39. The monoisotopic (exact) mass is 459 g/mol. The van der Waals surface area contributed by atoms with Crippen molar-refractivity contribution < 1.29 is 0 Å². The van der Waals surface area contributed by atoms with Crippen LogP contribution < -0.4 is 0 Å². The number of aromatic amines is 1. The van der Waals surface area contributed by atoms with Crippen molar-refractivity contribution in [3.05, 3.63) is 155 Å². The van der Waals surface area contributed by atoms with Gasteiger partial charge < -0.3 is 4.98 Å². The van der Waals surface area contributed by atoms with Crippen molar-refractivity contribution in [3.8, 4) is 0 Å². The van der Waals surface area contributed by atoms with E-state index in [-0.39, 0.29) is 5.41 Å². The summed E-state index contributed by atoms with van der Waals surface area (Å²) in [5.41, 5.74) is 12.1. The Kier molecular flexibility index (Phi) is 4.05. The van der Waals surface area contributed by atoms with Crippen molar-refractivity contribution in [2.75, 3.05) is 0 Å². The average Bonchev–Trinajstić information content (AvgIpc) is 3.53. The first-order valence-electron chi connectivity index (χ1n) is 12.8. The number of allylic oxidation sites excluding steroid dienone is 2. The predicted octanol–water partition coefficient (Wildman–Crippen LogP) is 8.53. The molecule has 0 spiro atoms. The van der Waals surface area contributed by atoms with Gasteiger partial charge in [0.25, 0.3) is 0 Å². The van der Waals surface area contributed by atoms with Crippen LogP contribution in [0.5, 0.6) is 0 Å². The minimum atomic E-state index is -0.377. The van der Waals surface area contributed by atoms with Gasteiger partial charge in [0.2, 0.25) is 0 Å². The van der Waals surface area contributed by atoms with E-state index < -0.39 is 0 Å². The maximum Gasteiger partial charge on any atom is 0.0716 e. The predicted molar refractivity (Wildman–Crippen MR) is 150 cm³/mol. The van der Waals surface area contributed by atoms with Gasteiger partial charge in [-0.3, -0.25) is 0 Å². The fourth-order valence-corrected chi connectivity index (χ4v) is 6.91. The Labute approximate surface area is 210 Å². The van der Waals surface area contributed by atoms with Gasteiger partial charge in [0.05, 0.1) is 5.41 Å². The third-order valence-corrected chi connectivity index (χ3v) is 8.43. The van der Waals surface area contributed by atoms with E-state index in [0.29, 0.717) is 0 Å². The number of H-pyrrole nitrogens is 1. The lowest BCUT2D eigenvalue weighted by Gasteiger charge is -2.38. The standard InChI is InChI=1S/C35H25N/c1-2-9-25-21-27(15-13-23(25)7-1)35(28-16-18-33-26(22-28)19-20-36-33)32-12-6-5-11-30(32)31-17-14-24-8-3-4-10-29(24)34(31)35/h1-13,15-16,18-22,36H,14,17H2. The van der Waals surface area contributed by atoms with Gasteiger partial charge in [0.1, 0.15) is 0 Å². The van der Waals surface area contributed by atoms with Gasteiger partial charge >= 0.3 is 0 Å². The van der Waals surface area contributed by atoms with E-state index in [1.807, 2.05) is 6.20 Å². The van der Waals surface area contributed by atoms with Gasteiger partial charge in [-0.15, -0.1) is 0 Å². The van der Waals surface area contributed by atoms with E-state index in [2.05, 4.69) is 120 Å². The molecule has 0 saturated carbocycles. The summed E-state index contributed by atoms with van der Waals surface area (Å²) in [4.78, 5) is 3.39. The first kappa shape index (κ1) is 19.9. The van der Waals surface area contributed by atoms with E-state index in [1.54, 1.807) is 0 Å². The molecule has 5 aromatic carbocycles. The Morgan fingerprint density at radius 3 is 2.19 bits per heavy atom. The summed E-state index contributed by atoms with van der Waals surface area (Å²) in [5, 5.41) is 3.82. The average molecular weight is 460 g/mol. The van der Waals surface area contributed by atoms with E-state index in [4.69, 9.17) is 0 Å². The lowest BCUT2D eigenvalue weighted by molar-refractivity contribution is 0.811. The highest BCUT2D eigenvalue weighted by atomic mass is 14.7. The number of rotatable bonds is 2. The molecule has 0 fully saturated rings. The van der Waals surface area contributed by atoms with Crippen LogP contribution in [0, 0.1) is 0 Å². The molecule has 36 heavy (non-hydrogen) atoms. The van der Waals surface area contributed by atoms with Crippen LogP contribution in [0.4, 0.5) is 0 Å². The zero-order valence-corrected chi connectivity index (χ0v) is 20.0. The van der Waals surface area contributed by atoms with Crippen LogP contribution in [0.1, 0.15) is 39.8 Å². The van der Waals surface area contributed by atoms with Gasteiger partial charge in [-0.25, -0.2) is 0 Å². The van der Waals surface area contributed by atoms with Crippen molar-refractivity contribution in [1.29, 1.82) is 0 Å². The molecule has 0 aliphatic heterocycles. The second kappa shape index (κ2) is 7.32. The van der Waals surface area contributed by atoms with Crippen LogP contribution in [-0.2, 0) is 11.8 Å². The summed E-state index contributed by atoms with van der Waals surface area (Å²) in [5.74, 6) is 0. The van der Waals surface area contributed by atoms with E-state index in [1.165, 1.54) is 66.2 Å². The highest BCUT2D eigenvalue weighted by Gasteiger charge is 2.49. The van der Waals surface area contributed by atoms with E-state index in [0.717, 1.165) is 12.8 Å². The van der Waals surface area contributed by atoms with E-state index in [9.17, 15) is 0 Å². The van der Waals surface area contributed by atoms with Crippen LogP contribution in [0.3, 0.4) is 0 Å². The molecule has 0 radical (unpaired) electrons. The largest absolute Gasteiger partial charge is 0.361 e. The molecular formula is C35H25N. The van der Waals surface area contributed by atoms with Crippen molar-refractivity contribution >= 4 is 32.8 Å². The number of fused-ring (bicyclic) bond motifs is 6. The molecule has 0 amide bonds. The smallest absolute Gasteiger partial charge is 0.0716 e. The van der Waals surface area contributed by atoms with Crippen LogP contribution >= 0.6 is 0 Å². The van der Waals surface area contributed by atoms with Gasteiger partial charge in [-0.05, 0) is 97.8 Å². The Balaban J connectivity index is 1.56. The quantitative estimate of drug-likeness (QED) is 0.267. The van der Waals surface area contributed by atoms with Crippen molar-refractivity contribution in [3.63, 3.8) is 0 Å². The molecule has 6 aromatic rings. The van der Waals surface area contributed by atoms with Gasteiger partial charge in [0, 0.05) is 11.7 Å². The molecule has 2 aliphatic carbocycles. The Morgan fingerprint density at radius 1 is 0.556 bits per heavy atom. The highest BCUT2D eigenvalue weighted by molar-refractivity contribution is 6.08. The number of aryl methyl sites for hydroxylation is 1. The Morgan fingerprint density at radius 2 is 1.28 bits per heavy atom. The minimum absolute atomic E-state index is 0.377. The Bertz CT molecular complexity index is 1850. The van der Waals surface area contributed by atoms with Crippen LogP contribution in [-0.4, -0.2) is 4.98 Å². The molecule has 1 heteroatoms. The summed E-state index contributed by atoms with van der Waals surface area (Å²) < 4.78 is 0. The second-order valence-corrected chi connectivity index (χ2v) is 10.1. The van der Waals surface area contributed by atoms with E-state index >= 15 is 0 Å². The lowest BCUT2D eigenvalue weighted by Crippen LogP contribution is -2.30. The SMILES string of the molecule is c1ccc2c(c1)CCC1=C2C(c2ccc3ccccc3c2)(c2ccc3[nH]ccc3c2)c2ccccc21. The topological polar surface area (TPSA) is 15.8 Å². The Hall–Kier alpha value is -4.36. The zero-order valence-electron chi connectivity index (χ0n) is 20.0. The molecule has 0 bridgehead atoms. The number of benzene rings is 5. The molecule has 170 valence electrons.